The maximum Gasteiger partial charge on any atom is 0.225 e. The second-order valence-electron chi connectivity index (χ2n) is 4.44. The number of piperidine rings is 1. The predicted molar refractivity (Wildman–Crippen MR) is 62.6 cm³/mol. The molecule has 1 aromatic rings. The van der Waals surface area contributed by atoms with E-state index in [2.05, 4.69) is 26.9 Å². The number of anilines is 2. The number of nitrogens with zero attached hydrogens (tertiary/aromatic N) is 4. The second-order valence-corrected chi connectivity index (χ2v) is 4.44. The van der Waals surface area contributed by atoms with Gasteiger partial charge in [0.15, 0.2) is 0 Å². The molecule has 1 aliphatic rings. The molecule has 0 aromatic carbocycles. The largest absolute Gasteiger partial charge is 0.368 e. The lowest BCUT2D eigenvalue weighted by Gasteiger charge is -2.29. The molecule has 4 N–H and O–H groups in total. The van der Waals surface area contributed by atoms with E-state index in [9.17, 15) is 0 Å². The van der Waals surface area contributed by atoms with E-state index in [0.717, 1.165) is 13.0 Å². The van der Waals surface area contributed by atoms with Crippen molar-refractivity contribution in [3.05, 3.63) is 5.82 Å². The molecular formula is C10H18N6. The maximum absolute atomic E-state index is 5.54. The first kappa shape index (κ1) is 11.1. The van der Waals surface area contributed by atoms with E-state index in [-0.39, 0.29) is 11.9 Å². The van der Waals surface area contributed by atoms with Crippen molar-refractivity contribution in [2.75, 3.05) is 31.6 Å². The Balaban J connectivity index is 2.02. The quantitative estimate of drug-likeness (QED) is 0.727. The minimum atomic E-state index is 0.215. The molecule has 2 heterocycles. The van der Waals surface area contributed by atoms with Crippen LogP contribution in [0.3, 0.4) is 0 Å². The first-order valence-electron chi connectivity index (χ1n) is 5.58. The van der Waals surface area contributed by atoms with Gasteiger partial charge >= 0.3 is 0 Å². The average Bonchev–Trinajstić information content (AvgIpc) is 2.15. The highest BCUT2D eigenvalue weighted by Gasteiger charge is 2.18. The molecule has 0 amide bonds. The fourth-order valence-corrected chi connectivity index (χ4v) is 2.25. The van der Waals surface area contributed by atoms with Gasteiger partial charge in [-0.15, -0.1) is 0 Å². The Morgan fingerprint density at radius 3 is 2.56 bits per heavy atom. The first-order valence-corrected chi connectivity index (χ1v) is 5.58. The van der Waals surface area contributed by atoms with Gasteiger partial charge in [-0.3, -0.25) is 0 Å². The van der Waals surface area contributed by atoms with E-state index >= 15 is 0 Å². The van der Waals surface area contributed by atoms with Crippen molar-refractivity contribution >= 4 is 11.9 Å². The summed E-state index contributed by atoms with van der Waals surface area (Å²) in [5, 5.41) is 0. The fraction of sp³-hybridized carbons (Fsp3) is 0.700. The lowest BCUT2D eigenvalue weighted by Crippen LogP contribution is -2.33. The molecule has 0 aliphatic carbocycles. The van der Waals surface area contributed by atoms with Crippen molar-refractivity contribution < 1.29 is 0 Å². The van der Waals surface area contributed by atoms with Gasteiger partial charge in [0.1, 0.15) is 5.82 Å². The van der Waals surface area contributed by atoms with Crippen molar-refractivity contribution in [1.29, 1.82) is 0 Å². The van der Waals surface area contributed by atoms with Crippen LogP contribution in [-0.4, -0.2) is 40.0 Å². The third-order valence-electron chi connectivity index (χ3n) is 2.91. The molecule has 88 valence electrons. The van der Waals surface area contributed by atoms with Gasteiger partial charge in [-0.2, -0.15) is 15.0 Å². The third kappa shape index (κ3) is 2.79. The van der Waals surface area contributed by atoms with Crippen molar-refractivity contribution in [2.24, 2.45) is 5.92 Å². The zero-order valence-electron chi connectivity index (χ0n) is 9.56. The minimum absolute atomic E-state index is 0.215. The summed E-state index contributed by atoms with van der Waals surface area (Å²) in [6.45, 7) is 2.27. The molecular weight excluding hydrogens is 204 g/mol. The van der Waals surface area contributed by atoms with Crippen molar-refractivity contribution in [2.45, 2.75) is 19.3 Å². The van der Waals surface area contributed by atoms with Crippen molar-refractivity contribution in [1.82, 2.24) is 19.9 Å². The Morgan fingerprint density at radius 2 is 1.94 bits per heavy atom. The molecule has 1 atom stereocenters. The minimum Gasteiger partial charge on any atom is -0.368 e. The summed E-state index contributed by atoms with van der Waals surface area (Å²) < 4.78 is 0. The summed E-state index contributed by atoms with van der Waals surface area (Å²) in [5.41, 5.74) is 11.1. The number of hydrogen-bond donors (Lipinski definition) is 2. The standard InChI is InChI=1S/C10H18N6/c1-16-4-2-3-7(6-16)5-8-13-9(11)15-10(12)14-8/h7H,2-6H2,1H3,(H4,11,12,13,14,15). The van der Waals surface area contributed by atoms with Gasteiger partial charge < -0.3 is 16.4 Å². The van der Waals surface area contributed by atoms with Crippen molar-refractivity contribution in [3.8, 4) is 0 Å². The van der Waals surface area contributed by atoms with E-state index < -0.39 is 0 Å². The molecule has 0 bridgehead atoms. The second kappa shape index (κ2) is 4.61. The van der Waals surface area contributed by atoms with E-state index in [0.29, 0.717) is 11.7 Å². The topological polar surface area (TPSA) is 94.0 Å². The number of rotatable bonds is 2. The molecule has 6 heteroatoms. The summed E-state index contributed by atoms with van der Waals surface area (Å²) in [5.74, 6) is 1.74. The Kier molecular flexibility index (Phi) is 3.19. The number of aromatic nitrogens is 3. The van der Waals surface area contributed by atoms with Crippen LogP contribution in [0, 0.1) is 5.92 Å². The molecule has 0 saturated carbocycles. The van der Waals surface area contributed by atoms with Crippen LogP contribution in [0.5, 0.6) is 0 Å². The molecule has 16 heavy (non-hydrogen) atoms. The number of nitrogen functional groups attached to an aromatic ring is 2. The smallest absolute Gasteiger partial charge is 0.225 e. The summed E-state index contributed by atoms with van der Waals surface area (Å²) in [6, 6.07) is 0. The molecule has 6 nitrogen and oxygen atoms in total. The highest BCUT2D eigenvalue weighted by molar-refractivity contribution is 5.25. The molecule has 1 saturated heterocycles. The highest BCUT2D eigenvalue weighted by Crippen LogP contribution is 2.18. The number of likely N-dealkylation sites (tertiary alicyclic amines) is 1. The maximum atomic E-state index is 5.54. The Labute approximate surface area is 95.1 Å². The molecule has 1 fully saturated rings. The molecule has 0 radical (unpaired) electrons. The molecule has 1 aliphatic heterocycles. The molecule has 1 aromatic heterocycles. The zero-order valence-corrected chi connectivity index (χ0v) is 9.56. The van der Waals surface area contributed by atoms with Gasteiger partial charge in [0, 0.05) is 13.0 Å². The summed E-state index contributed by atoms with van der Waals surface area (Å²) in [7, 11) is 2.14. The van der Waals surface area contributed by atoms with E-state index in [4.69, 9.17) is 11.5 Å². The van der Waals surface area contributed by atoms with Crippen LogP contribution in [-0.2, 0) is 6.42 Å². The Bertz CT molecular complexity index is 346. The summed E-state index contributed by atoms with van der Waals surface area (Å²) in [6.07, 6.45) is 3.29. The zero-order chi connectivity index (χ0) is 11.5. The van der Waals surface area contributed by atoms with Crippen LogP contribution in [0.1, 0.15) is 18.7 Å². The van der Waals surface area contributed by atoms with Gasteiger partial charge in [0.05, 0.1) is 0 Å². The highest BCUT2D eigenvalue weighted by atomic mass is 15.1. The first-order chi connectivity index (χ1) is 7.63. The number of hydrogen-bond acceptors (Lipinski definition) is 6. The predicted octanol–water partition coefficient (Wildman–Crippen LogP) is -0.0797. The normalized spacial score (nSPS) is 22.2. The van der Waals surface area contributed by atoms with Gasteiger partial charge in [-0.25, -0.2) is 0 Å². The average molecular weight is 222 g/mol. The van der Waals surface area contributed by atoms with Crippen LogP contribution in [0.2, 0.25) is 0 Å². The van der Waals surface area contributed by atoms with Gasteiger partial charge in [0.2, 0.25) is 11.9 Å². The molecule has 2 rings (SSSR count). The van der Waals surface area contributed by atoms with Crippen LogP contribution in [0.25, 0.3) is 0 Å². The van der Waals surface area contributed by atoms with Crippen LogP contribution in [0.15, 0.2) is 0 Å². The van der Waals surface area contributed by atoms with E-state index in [1.54, 1.807) is 0 Å². The lowest BCUT2D eigenvalue weighted by molar-refractivity contribution is 0.207. The van der Waals surface area contributed by atoms with E-state index in [1.165, 1.54) is 19.4 Å². The SMILES string of the molecule is CN1CCCC(Cc2nc(N)nc(N)n2)C1. The van der Waals surface area contributed by atoms with Crippen LogP contribution < -0.4 is 11.5 Å². The lowest BCUT2D eigenvalue weighted by atomic mass is 9.95. The van der Waals surface area contributed by atoms with Crippen LogP contribution in [0.4, 0.5) is 11.9 Å². The summed E-state index contributed by atoms with van der Waals surface area (Å²) >= 11 is 0. The summed E-state index contributed by atoms with van der Waals surface area (Å²) in [4.78, 5) is 14.3. The van der Waals surface area contributed by atoms with Gasteiger partial charge in [-0.1, -0.05) is 0 Å². The van der Waals surface area contributed by atoms with E-state index in [1.807, 2.05) is 0 Å². The van der Waals surface area contributed by atoms with Crippen molar-refractivity contribution in [3.63, 3.8) is 0 Å². The van der Waals surface area contributed by atoms with Gasteiger partial charge in [0.25, 0.3) is 0 Å². The van der Waals surface area contributed by atoms with Gasteiger partial charge in [-0.05, 0) is 32.4 Å². The molecule has 0 spiro atoms. The Morgan fingerprint density at radius 1 is 1.25 bits per heavy atom. The monoisotopic (exact) mass is 222 g/mol. The number of nitrogens with two attached hydrogens (primary N) is 2. The van der Waals surface area contributed by atoms with Crippen LogP contribution >= 0.6 is 0 Å². The Hall–Kier alpha value is -1.43. The molecule has 1 unspecified atom stereocenters. The third-order valence-corrected chi connectivity index (χ3v) is 2.91. The fourth-order valence-electron chi connectivity index (χ4n) is 2.25.